The Morgan fingerprint density at radius 3 is 2.32 bits per heavy atom. The molecule has 0 unspecified atom stereocenters. The average Bonchev–Trinajstić information content (AvgIpc) is 4.00. The first-order valence-corrected chi connectivity index (χ1v) is 20.4. The number of rotatable bonds is 16. The minimum absolute atomic E-state index is 0.00123. The number of thiazole rings is 1. The summed E-state index contributed by atoms with van der Waals surface area (Å²) in [7, 11) is 0. The number of nitrogens with one attached hydrogen (secondary N) is 1. The number of imidazole rings is 1. The van der Waals surface area contributed by atoms with Crippen LogP contribution in [0.25, 0.3) is 21.4 Å². The minimum Gasteiger partial charge on any atom is -0.491 e. The van der Waals surface area contributed by atoms with E-state index in [2.05, 4.69) is 30.4 Å². The molecule has 1 aliphatic heterocycles. The highest BCUT2D eigenvalue weighted by atomic mass is 32.1. The second-order valence-corrected chi connectivity index (χ2v) is 15.1. The van der Waals surface area contributed by atoms with Gasteiger partial charge in [0.25, 0.3) is 11.8 Å². The smallest absolute Gasteiger partial charge is 0.337 e. The number of hydrogen-bond acceptors (Lipinski definition) is 12. The molecule has 0 radical (unpaired) electrons. The summed E-state index contributed by atoms with van der Waals surface area (Å²) in [4.78, 5) is 67.8. The average molecular weight is 839 g/mol. The van der Waals surface area contributed by atoms with E-state index in [4.69, 9.17) is 20.2 Å². The van der Waals surface area contributed by atoms with E-state index in [1.165, 1.54) is 12.3 Å². The summed E-state index contributed by atoms with van der Waals surface area (Å²) in [5, 5.41) is 21.4. The number of carboxylic acids is 1. The molecule has 20 heteroatoms. The van der Waals surface area contributed by atoms with Crippen LogP contribution in [0.4, 0.5) is 5.95 Å². The van der Waals surface area contributed by atoms with Crippen molar-refractivity contribution in [3.8, 4) is 5.75 Å². The molecule has 4 N–H and O–H groups in total. The third-order valence-corrected chi connectivity index (χ3v) is 10.9. The standard InChI is InChI=1S/C40H46N12O7S/c1-5-51-29(18-24(3)46-51)36(54)44-39-43-28-20-26(34(41)53)21-31(59-15-9-10-48-13-16-58-17-14-48)33(28)49(39)11-7-8-12-50-35-32(22-27(23-42-35)38(56)57)60-40(50)45-37(55)30-19-25(4)47-52(30)6-2/h7-8,18-23H,5-6,9-17H2,1-4H3,(H2,41,53)(H,56,57)(H,43,44,54)/b8-7+,45-40?. The predicted octanol–water partition coefficient (Wildman–Crippen LogP) is 3.65. The molecule has 3 amide bonds. The van der Waals surface area contributed by atoms with Crippen molar-refractivity contribution in [1.82, 2.24) is 43.6 Å². The number of fused-ring (bicyclic) bond motifs is 2. The van der Waals surface area contributed by atoms with Crippen LogP contribution in [0.2, 0.25) is 0 Å². The van der Waals surface area contributed by atoms with Crippen LogP contribution in [-0.2, 0) is 30.9 Å². The Kier molecular flexibility index (Phi) is 12.6. The van der Waals surface area contributed by atoms with Gasteiger partial charge in [0, 0.05) is 57.6 Å². The van der Waals surface area contributed by atoms with E-state index < -0.39 is 23.7 Å². The highest BCUT2D eigenvalue weighted by Crippen LogP contribution is 2.31. The van der Waals surface area contributed by atoms with Crippen molar-refractivity contribution in [3.05, 3.63) is 87.4 Å². The molecule has 7 rings (SSSR count). The highest BCUT2D eigenvalue weighted by Gasteiger charge is 2.22. The number of amides is 3. The number of nitrogens with two attached hydrogens (primary N) is 1. The lowest BCUT2D eigenvalue weighted by Gasteiger charge is -2.26. The fourth-order valence-corrected chi connectivity index (χ4v) is 8.01. The van der Waals surface area contributed by atoms with Crippen molar-refractivity contribution in [2.24, 2.45) is 10.7 Å². The van der Waals surface area contributed by atoms with Crippen molar-refractivity contribution in [2.45, 2.75) is 60.3 Å². The fourth-order valence-electron chi connectivity index (χ4n) is 6.97. The van der Waals surface area contributed by atoms with E-state index in [9.17, 15) is 24.3 Å². The molecule has 0 saturated carbocycles. The van der Waals surface area contributed by atoms with Gasteiger partial charge in [-0.05, 0) is 64.4 Å². The Morgan fingerprint density at radius 1 is 0.950 bits per heavy atom. The Bertz CT molecular complexity index is 2700. The summed E-state index contributed by atoms with van der Waals surface area (Å²) >= 11 is 1.14. The number of carbonyl (C=O) groups is 4. The van der Waals surface area contributed by atoms with Gasteiger partial charge in [-0.15, -0.1) is 0 Å². The van der Waals surface area contributed by atoms with Crippen molar-refractivity contribution in [3.63, 3.8) is 0 Å². The van der Waals surface area contributed by atoms with Crippen LogP contribution in [0.15, 0.2) is 53.7 Å². The topological polar surface area (TPSA) is 232 Å². The second kappa shape index (κ2) is 18.2. The molecule has 0 aliphatic carbocycles. The molecule has 5 aromatic heterocycles. The zero-order chi connectivity index (χ0) is 42.5. The maximum absolute atomic E-state index is 13.8. The predicted molar refractivity (Wildman–Crippen MR) is 222 cm³/mol. The molecule has 1 saturated heterocycles. The molecule has 1 fully saturated rings. The number of morpholine rings is 1. The number of primary amides is 1. The Labute approximate surface area is 347 Å². The molecule has 314 valence electrons. The van der Waals surface area contributed by atoms with Gasteiger partial charge in [-0.2, -0.15) is 15.2 Å². The summed E-state index contributed by atoms with van der Waals surface area (Å²) < 4.78 is 19.0. The first-order valence-electron chi connectivity index (χ1n) is 19.6. The van der Waals surface area contributed by atoms with Crippen LogP contribution in [0, 0.1) is 13.8 Å². The molecule has 6 heterocycles. The van der Waals surface area contributed by atoms with Crippen molar-refractivity contribution < 1.29 is 33.8 Å². The number of carbonyl (C=O) groups excluding carboxylic acids is 3. The van der Waals surface area contributed by atoms with Crippen LogP contribution >= 0.6 is 11.3 Å². The molecule has 6 aromatic rings. The number of anilines is 1. The van der Waals surface area contributed by atoms with Gasteiger partial charge in [0.15, 0.2) is 10.4 Å². The number of pyridine rings is 1. The molecular formula is C40H46N12O7S. The lowest BCUT2D eigenvalue weighted by molar-refractivity contribution is 0.0358. The number of benzene rings is 1. The van der Waals surface area contributed by atoms with Crippen LogP contribution in [0.3, 0.4) is 0 Å². The van der Waals surface area contributed by atoms with E-state index in [0.717, 1.165) is 31.0 Å². The number of nitrogens with zero attached hydrogens (tertiary/aromatic N) is 10. The van der Waals surface area contributed by atoms with Gasteiger partial charge in [-0.25, -0.2) is 14.8 Å². The first-order chi connectivity index (χ1) is 28.9. The maximum Gasteiger partial charge on any atom is 0.337 e. The number of aryl methyl sites for hydroxylation is 4. The van der Waals surface area contributed by atoms with Crippen LogP contribution in [0.1, 0.15) is 73.3 Å². The van der Waals surface area contributed by atoms with Gasteiger partial charge in [-0.3, -0.25) is 38.5 Å². The SMILES string of the molecule is CCn1nc(C)cc1C(=O)N=c1sc2cc(C(=O)O)cnc2n1C/C=C/Cn1c(NC(=O)c2cc(C)nn2CC)nc2cc(C(N)=O)cc(OCCCN3CCOCC3)c21. The molecule has 1 aliphatic rings. The van der Waals surface area contributed by atoms with E-state index in [-0.39, 0.29) is 30.2 Å². The summed E-state index contributed by atoms with van der Waals surface area (Å²) in [6, 6.07) is 8.02. The monoisotopic (exact) mass is 838 g/mol. The van der Waals surface area contributed by atoms with E-state index >= 15 is 0 Å². The Hall–Kier alpha value is -6.51. The minimum atomic E-state index is -1.13. The third-order valence-electron chi connectivity index (χ3n) is 9.86. The lowest BCUT2D eigenvalue weighted by atomic mass is 10.1. The summed E-state index contributed by atoms with van der Waals surface area (Å²) in [6.07, 6.45) is 5.67. The van der Waals surface area contributed by atoms with Gasteiger partial charge in [-0.1, -0.05) is 23.5 Å². The van der Waals surface area contributed by atoms with Gasteiger partial charge < -0.3 is 24.9 Å². The van der Waals surface area contributed by atoms with Gasteiger partial charge in [0.2, 0.25) is 11.9 Å². The molecule has 0 bridgehead atoms. The number of allylic oxidation sites excluding steroid dienone is 2. The lowest BCUT2D eigenvalue weighted by Crippen LogP contribution is -2.37. The number of ether oxygens (including phenoxy) is 2. The van der Waals surface area contributed by atoms with E-state index in [0.29, 0.717) is 94.0 Å². The maximum atomic E-state index is 13.8. The number of aromatic carboxylic acids is 1. The molecular weight excluding hydrogens is 793 g/mol. The summed E-state index contributed by atoms with van der Waals surface area (Å²) in [6.45, 7) is 12.9. The third kappa shape index (κ3) is 9.04. The Morgan fingerprint density at radius 2 is 1.63 bits per heavy atom. The number of hydrogen-bond donors (Lipinski definition) is 3. The molecule has 0 atom stereocenters. The molecule has 1 aromatic carbocycles. The van der Waals surface area contributed by atoms with Crippen molar-refractivity contribution in [2.75, 3.05) is 44.8 Å². The molecule has 19 nitrogen and oxygen atoms in total. The van der Waals surface area contributed by atoms with Crippen molar-refractivity contribution in [1.29, 1.82) is 0 Å². The second-order valence-electron chi connectivity index (χ2n) is 14.1. The number of aromatic nitrogens is 8. The van der Waals surface area contributed by atoms with Crippen LogP contribution in [-0.4, -0.2) is 112 Å². The van der Waals surface area contributed by atoms with Crippen LogP contribution in [0.5, 0.6) is 5.75 Å². The molecule has 60 heavy (non-hydrogen) atoms. The summed E-state index contributed by atoms with van der Waals surface area (Å²) in [5.41, 5.74) is 9.35. The highest BCUT2D eigenvalue weighted by molar-refractivity contribution is 7.16. The quantitative estimate of drug-likeness (QED) is 0.0937. The summed E-state index contributed by atoms with van der Waals surface area (Å²) in [5.74, 6) is -2.15. The largest absolute Gasteiger partial charge is 0.491 e. The Balaban J connectivity index is 1.24. The van der Waals surface area contributed by atoms with E-state index in [1.807, 2.05) is 32.9 Å². The van der Waals surface area contributed by atoms with Crippen LogP contribution < -0.4 is 20.6 Å². The van der Waals surface area contributed by atoms with E-state index in [1.54, 1.807) is 49.7 Å². The van der Waals surface area contributed by atoms with Crippen molar-refractivity contribution >= 4 is 62.4 Å². The van der Waals surface area contributed by atoms with Gasteiger partial charge in [0.1, 0.15) is 22.7 Å². The van der Waals surface area contributed by atoms with Gasteiger partial charge >= 0.3 is 5.97 Å². The number of carboxylic acid groups (broad SMARTS) is 1. The van der Waals surface area contributed by atoms with Gasteiger partial charge in [0.05, 0.1) is 47.0 Å². The fraction of sp³-hybridized carbons (Fsp3) is 0.375. The normalized spacial score (nSPS) is 13.8. The first kappa shape index (κ1) is 41.6. The zero-order valence-corrected chi connectivity index (χ0v) is 34.6. The zero-order valence-electron chi connectivity index (χ0n) is 33.8. The molecule has 0 spiro atoms.